The first-order valence-electron chi connectivity index (χ1n) is 11.1. The fraction of sp³-hybridized carbons (Fsp3) is 0.440. The number of benzene rings is 1. The van der Waals surface area contributed by atoms with Gasteiger partial charge in [0, 0.05) is 30.5 Å². The summed E-state index contributed by atoms with van der Waals surface area (Å²) in [5.74, 6) is 1.21. The third kappa shape index (κ3) is 5.51. The molecule has 3 N–H and O–H groups in total. The molecule has 1 aliphatic carbocycles. The minimum atomic E-state index is -0.605. The van der Waals surface area contributed by atoms with E-state index in [4.69, 9.17) is 4.74 Å². The van der Waals surface area contributed by atoms with Crippen LogP contribution >= 0.6 is 0 Å². The van der Waals surface area contributed by atoms with Crippen LogP contribution in [0.3, 0.4) is 0 Å². The molecule has 0 aromatic heterocycles. The molecule has 2 heterocycles. The van der Waals surface area contributed by atoms with Crippen LogP contribution in [0.4, 0.5) is 0 Å². The number of phenols is 1. The number of hydrogen-bond acceptors (Lipinski definition) is 5. The fourth-order valence-electron chi connectivity index (χ4n) is 4.31. The zero-order valence-electron chi connectivity index (χ0n) is 18.0. The molecule has 4 atom stereocenters. The van der Waals surface area contributed by atoms with E-state index in [1.54, 1.807) is 18.3 Å². The Kier molecular flexibility index (Phi) is 6.68. The molecule has 0 spiro atoms. The maximum Gasteiger partial charge on any atom is 0.227 e. The van der Waals surface area contributed by atoms with Gasteiger partial charge in [-0.05, 0) is 49.0 Å². The van der Waals surface area contributed by atoms with Crippen molar-refractivity contribution in [2.24, 2.45) is 16.8 Å². The van der Waals surface area contributed by atoms with Gasteiger partial charge in [0.2, 0.25) is 6.73 Å². The predicted molar refractivity (Wildman–Crippen MR) is 119 cm³/mol. The van der Waals surface area contributed by atoms with E-state index < -0.39 is 6.10 Å². The lowest BCUT2D eigenvalue weighted by Crippen LogP contribution is -3.07. The van der Waals surface area contributed by atoms with Crippen molar-refractivity contribution in [1.29, 1.82) is 0 Å². The fourth-order valence-corrected chi connectivity index (χ4v) is 4.31. The van der Waals surface area contributed by atoms with Crippen LogP contribution in [0.25, 0.3) is 0 Å². The van der Waals surface area contributed by atoms with Crippen LogP contribution in [0, 0.1) is 11.8 Å². The van der Waals surface area contributed by atoms with Crippen LogP contribution in [-0.4, -0.2) is 41.6 Å². The van der Waals surface area contributed by atoms with Crippen molar-refractivity contribution in [1.82, 2.24) is 0 Å². The number of rotatable bonds is 9. The normalized spacial score (nSPS) is 25.2. The van der Waals surface area contributed by atoms with E-state index in [-0.39, 0.29) is 23.9 Å². The number of aliphatic hydroxyl groups excluding tert-OH is 1. The molecule has 0 saturated heterocycles. The van der Waals surface area contributed by atoms with Crippen molar-refractivity contribution in [2.75, 3.05) is 13.3 Å². The lowest BCUT2D eigenvalue weighted by Gasteiger charge is -2.24. The molecule has 1 aromatic rings. The Hall–Kier alpha value is -2.70. The number of carbonyl (C=O) groups excluding carboxylic acids is 1. The molecule has 1 unspecified atom stereocenters. The molecule has 4 rings (SSSR count). The first-order valence-corrected chi connectivity index (χ1v) is 11.1. The summed E-state index contributed by atoms with van der Waals surface area (Å²) in [4.78, 5) is 17.8. The number of carbonyl (C=O) groups is 1. The molecule has 31 heavy (non-hydrogen) atoms. The zero-order valence-corrected chi connectivity index (χ0v) is 18.0. The van der Waals surface area contributed by atoms with Crippen molar-refractivity contribution in [2.45, 2.75) is 45.1 Å². The van der Waals surface area contributed by atoms with Crippen LogP contribution in [0.15, 0.2) is 58.9 Å². The van der Waals surface area contributed by atoms with Crippen molar-refractivity contribution >= 4 is 12.0 Å². The zero-order chi connectivity index (χ0) is 21.8. The van der Waals surface area contributed by atoms with Gasteiger partial charge in [0.1, 0.15) is 24.2 Å². The number of nitrogens with one attached hydrogen (secondary N) is 1. The van der Waals surface area contributed by atoms with Crippen LogP contribution < -0.4 is 9.64 Å². The number of fused-ring (bicyclic) bond motifs is 1. The van der Waals surface area contributed by atoms with E-state index in [2.05, 4.69) is 24.1 Å². The van der Waals surface area contributed by atoms with E-state index in [0.29, 0.717) is 31.2 Å². The van der Waals surface area contributed by atoms with Gasteiger partial charge in [-0.15, -0.1) is 0 Å². The number of aliphatic imine (C=N–C) groups is 1. The minimum absolute atomic E-state index is 0.0589. The Morgan fingerprint density at radius 3 is 2.97 bits per heavy atom. The van der Waals surface area contributed by atoms with E-state index in [1.165, 1.54) is 5.57 Å². The lowest BCUT2D eigenvalue weighted by atomic mass is 9.84. The summed E-state index contributed by atoms with van der Waals surface area (Å²) in [5, 5.41) is 20.5. The Morgan fingerprint density at radius 2 is 2.19 bits per heavy atom. The maximum absolute atomic E-state index is 12.4. The van der Waals surface area contributed by atoms with Crippen molar-refractivity contribution < 1.29 is 24.6 Å². The molecule has 0 fully saturated rings. The number of Topliss-reactive ketones (excluding diaryl/α,β-unsaturated/α-hetero) is 1. The molecule has 1 aromatic carbocycles. The van der Waals surface area contributed by atoms with Gasteiger partial charge >= 0.3 is 0 Å². The summed E-state index contributed by atoms with van der Waals surface area (Å²) in [6, 6.07) is 5.22. The number of phenolic OH excluding ortho intramolecular Hbond substituents is 1. The van der Waals surface area contributed by atoms with Crippen molar-refractivity contribution in [3.05, 3.63) is 59.5 Å². The highest BCUT2D eigenvalue weighted by Gasteiger charge is 2.25. The third-order valence-electron chi connectivity index (χ3n) is 6.28. The molecule has 0 saturated carbocycles. The molecular formula is C25H31N2O4+. The van der Waals surface area contributed by atoms with Gasteiger partial charge < -0.3 is 14.9 Å². The molecule has 6 nitrogen and oxygen atoms in total. The average molecular weight is 424 g/mol. The van der Waals surface area contributed by atoms with Gasteiger partial charge in [-0.2, -0.15) is 0 Å². The van der Waals surface area contributed by atoms with Gasteiger partial charge in [0.05, 0.1) is 6.10 Å². The van der Waals surface area contributed by atoms with Gasteiger partial charge in [0.15, 0.2) is 11.5 Å². The SMILES string of the molecule is C[C@H]1C=C[C@@H]([C@@H](O)CC(=O)CCc2ccc(O)c(OC[NH+]3C=C4N=CC=C4C3)c2)CC1. The topological polar surface area (TPSA) is 83.6 Å². The largest absolute Gasteiger partial charge is 0.504 e. The van der Waals surface area contributed by atoms with Crippen molar-refractivity contribution in [3.63, 3.8) is 0 Å². The number of aromatic hydroxyl groups is 1. The van der Waals surface area contributed by atoms with Gasteiger partial charge in [-0.3, -0.25) is 14.7 Å². The van der Waals surface area contributed by atoms with Crippen LogP contribution in [0.5, 0.6) is 11.5 Å². The van der Waals surface area contributed by atoms with E-state index in [0.717, 1.165) is 35.5 Å². The van der Waals surface area contributed by atoms with E-state index >= 15 is 0 Å². The smallest absolute Gasteiger partial charge is 0.227 e. The number of aryl methyl sites for hydroxylation is 1. The molecule has 0 bridgehead atoms. The molecule has 6 heteroatoms. The van der Waals surface area contributed by atoms with Gasteiger partial charge in [0.25, 0.3) is 0 Å². The number of allylic oxidation sites excluding steroid dienone is 2. The number of nitrogens with zero attached hydrogens (tertiary/aromatic N) is 1. The Bertz CT molecular complexity index is 947. The van der Waals surface area contributed by atoms with Crippen molar-refractivity contribution in [3.8, 4) is 11.5 Å². The molecule has 3 aliphatic rings. The maximum atomic E-state index is 12.4. The number of aliphatic hydroxyl groups is 1. The number of hydrogen-bond donors (Lipinski definition) is 3. The molecule has 0 radical (unpaired) electrons. The highest BCUT2D eigenvalue weighted by atomic mass is 16.5. The molecule has 2 aliphatic heterocycles. The van der Waals surface area contributed by atoms with Crippen LogP contribution in [0.2, 0.25) is 0 Å². The Balaban J connectivity index is 1.26. The third-order valence-corrected chi connectivity index (χ3v) is 6.28. The summed E-state index contributed by atoms with van der Waals surface area (Å²) in [6.07, 6.45) is 12.5. The molecule has 0 amide bonds. The van der Waals surface area contributed by atoms with Crippen LogP contribution in [-0.2, 0) is 11.2 Å². The summed E-state index contributed by atoms with van der Waals surface area (Å²) >= 11 is 0. The number of ketones is 1. The average Bonchev–Trinajstić information content (AvgIpc) is 3.34. The monoisotopic (exact) mass is 423 g/mol. The molecule has 164 valence electrons. The lowest BCUT2D eigenvalue weighted by molar-refractivity contribution is -0.854. The second-order valence-corrected chi connectivity index (χ2v) is 8.84. The molecular weight excluding hydrogens is 392 g/mol. The van der Waals surface area contributed by atoms with E-state index in [1.807, 2.05) is 18.3 Å². The number of ether oxygens (including phenoxy) is 1. The summed E-state index contributed by atoms with van der Waals surface area (Å²) in [7, 11) is 0. The second-order valence-electron chi connectivity index (χ2n) is 8.84. The van der Waals surface area contributed by atoms with Crippen LogP contribution in [0.1, 0.15) is 38.2 Å². The Morgan fingerprint density at radius 1 is 1.32 bits per heavy atom. The predicted octanol–water partition coefficient (Wildman–Crippen LogP) is 2.33. The first kappa shape index (κ1) is 21.5. The quantitative estimate of drug-likeness (QED) is 0.533. The highest BCUT2D eigenvalue weighted by molar-refractivity contribution is 5.80. The standard InChI is InChI=1S/C25H30N2O4/c1-17-2-6-19(7-3-17)24(30)13-21(28)8-4-18-5-9-23(29)25(12-18)31-16-27-14-20-10-11-26-22(20)15-27/h2,5-6,9-12,15,17,19,24,29-30H,3-4,7-8,13-14,16H2,1H3/p+1/t17-,19+,24-/m0/s1. The second kappa shape index (κ2) is 9.62. The summed E-state index contributed by atoms with van der Waals surface area (Å²) < 4.78 is 5.84. The highest BCUT2D eigenvalue weighted by Crippen LogP contribution is 2.28. The minimum Gasteiger partial charge on any atom is -0.504 e. The Labute approximate surface area is 183 Å². The van der Waals surface area contributed by atoms with E-state index in [9.17, 15) is 15.0 Å². The summed E-state index contributed by atoms with van der Waals surface area (Å²) in [5.41, 5.74) is 3.13. The summed E-state index contributed by atoms with van der Waals surface area (Å²) in [6.45, 7) is 3.38. The first-order chi connectivity index (χ1) is 15.0. The van der Waals surface area contributed by atoms with Gasteiger partial charge in [-0.25, -0.2) is 0 Å². The number of quaternary nitrogens is 1. The van der Waals surface area contributed by atoms with Gasteiger partial charge in [-0.1, -0.05) is 25.1 Å².